The first-order valence-electron chi connectivity index (χ1n) is 7.66. The maximum absolute atomic E-state index is 12.7. The van der Waals surface area contributed by atoms with Gasteiger partial charge < -0.3 is 10.3 Å². The van der Waals surface area contributed by atoms with Crippen molar-refractivity contribution in [2.24, 2.45) is 13.0 Å². The highest BCUT2D eigenvalue weighted by Crippen LogP contribution is 2.29. The lowest BCUT2D eigenvalue weighted by atomic mass is 9.89. The summed E-state index contributed by atoms with van der Waals surface area (Å²) >= 11 is 0. The molecule has 0 saturated heterocycles. The Morgan fingerprint density at radius 2 is 2.25 bits per heavy atom. The van der Waals surface area contributed by atoms with E-state index in [0.717, 1.165) is 34.4 Å². The summed E-state index contributed by atoms with van der Waals surface area (Å²) in [4.78, 5) is 19.8. The maximum atomic E-state index is 12.7. The number of aromatic nitrogens is 4. The summed E-state index contributed by atoms with van der Waals surface area (Å²) in [5, 5.41) is 6.48. The lowest BCUT2D eigenvalue weighted by molar-refractivity contribution is -0.143. The molecule has 0 saturated carbocycles. The molecule has 0 fully saturated rings. The Hall–Kier alpha value is -2.32. The molecule has 0 bridgehead atoms. The van der Waals surface area contributed by atoms with E-state index in [4.69, 9.17) is 0 Å². The monoisotopic (exact) mass is 341 g/mol. The molecule has 0 radical (unpaired) electrons. The van der Waals surface area contributed by atoms with Crippen molar-refractivity contribution in [2.45, 2.75) is 38.9 Å². The summed E-state index contributed by atoms with van der Waals surface area (Å²) < 4.78 is 39.0. The van der Waals surface area contributed by atoms with E-state index in [2.05, 4.69) is 20.4 Å². The predicted octanol–water partition coefficient (Wildman–Crippen LogP) is 1.89. The number of imidazole rings is 1. The Morgan fingerprint density at radius 3 is 2.92 bits per heavy atom. The molecule has 24 heavy (non-hydrogen) atoms. The summed E-state index contributed by atoms with van der Waals surface area (Å²) in [7, 11) is 1.23. The van der Waals surface area contributed by atoms with Gasteiger partial charge in [0.25, 0.3) is 0 Å². The molecule has 2 aromatic rings. The number of aryl methyl sites for hydroxylation is 3. The van der Waals surface area contributed by atoms with Crippen molar-refractivity contribution in [2.75, 3.05) is 0 Å². The van der Waals surface area contributed by atoms with Gasteiger partial charge in [0.2, 0.25) is 5.91 Å². The number of halogens is 3. The highest BCUT2D eigenvalue weighted by molar-refractivity contribution is 5.79. The number of amides is 1. The quantitative estimate of drug-likeness (QED) is 0.895. The number of carbonyl (C=O) groups excluding carboxylic acids is 1. The molecule has 3 rings (SSSR count). The van der Waals surface area contributed by atoms with Crippen LogP contribution in [0.1, 0.15) is 35.0 Å². The van der Waals surface area contributed by atoms with E-state index in [1.54, 1.807) is 0 Å². The highest BCUT2D eigenvalue weighted by atomic mass is 19.4. The second-order valence-electron chi connectivity index (χ2n) is 6.05. The Morgan fingerprint density at radius 1 is 1.50 bits per heavy atom. The van der Waals surface area contributed by atoms with Crippen LogP contribution in [-0.4, -0.2) is 25.7 Å². The number of aromatic amines is 1. The van der Waals surface area contributed by atoms with Crippen molar-refractivity contribution >= 4 is 5.91 Å². The predicted molar refractivity (Wildman–Crippen MR) is 78.9 cm³/mol. The van der Waals surface area contributed by atoms with E-state index < -0.39 is 11.9 Å². The molecule has 2 N–H and O–H groups in total. The molecular weight excluding hydrogens is 323 g/mol. The summed E-state index contributed by atoms with van der Waals surface area (Å²) in [6, 6.07) is 0.956. The fourth-order valence-electron chi connectivity index (χ4n) is 3.05. The van der Waals surface area contributed by atoms with Crippen molar-refractivity contribution in [1.29, 1.82) is 0 Å². The molecule has 9 heteroatoms. The van der Waals surface area contributed by atoms with Crippen LogP contribution in [0, 0.1) is 12.8 Å². The second kappa shape index (κ2) is 5.95. The van der Waals surface area contributed by atoms with Gasteiger partial charge in [-0.1, -0.05) is 0 Å². The van der Waals surface area contributed by atoms with Gasteiger partial charge in [0.05, 0.1) is 17.9 Å². The molecule has 1 amide bonds. The van der Waals surface area contributed by atoms with Gasteiger partial charge in [-0.15, -0.1) is 0 Å². The molecule has 0 aliphatic heterocycles. The third-order valence-electron chi connectivity index (χ3n) is 4.20. The van der Waals surface area contributed by atoms with Crippen LogP contribution < -0.4 is 5.32 Å². The van der Waals surface area contributed by atoms with Crippen LogP contribution >= 0.6 is 0 Å². The van der Waals surface area contributed by atoms with Crippen LogP contribution in [0.3, 0.4) is 0 Å². The fourth-order valence-corrected chi connectivity index (χ4v) is 3.05. The summed E-state index contributed by atoms with van der Waals surface area (Å²) in [5.74, 6) is 0.449. The van der Waals surface area contributed by atoms with Crippen molar-refractivity contribution < 1.29 is 18.0 Å². The summed E-state index contributed by atoms with van der Waals surface area (Å²) in [6.07, 6.45) is -2.49. The van der Waals surface area contributed by atoms with Gasteiger partial charge in [0, 0.05) is 25.1 Å². The third kappa shape index (κ3) is 3.29. The number of H-pyrrole nitrogens is 1. The molecule has 1 unspecified atom stereocenters. The lowest BCUT2D eigenvalue weighted by Gasteiger charge is -2.20. The first-order chi connectivity index (χ1) is 11.2. The topological polar surface area (TPSA) is 75.6 Å². The second-order valence-corrected chi connectivity index (χ2v) is 6.05. The molecule has 130 valence electrons. The third-order valence-corrected chi connectivity index (χ3v) is 4.20. The molecule has 2 heterocycles. The number of nitrogens with one attached hydrogen (secondary N) is 2. The minimum absolute atomic E-state index is 0.0197. The van der Waals surface area contributed by atoms with Gasteiger partial charge in [-0.25, -0.2) is 4.98 Å². The fraction of sp³-hybridized carbons (Fsp3) is 0.533. The SMILES string of the molecule is Cc1nc2c([nH]1)CC(C(=O)NCc1cc(C(F)(F)F)n(C)n1)CC2. The minimum atomic E-state index is -4.46. The van der Waals surface area contributed by atoms with Crippen LogP contribution in [0.15, 0.2) is 6.07 Å². The smallest absolute Gasteiger partial charge is 0.350 e. The number of alkyl halides is 3. The molecule has 0 spiro atoms. The summed E-state index contributed by atoms with van der Waals surface area (Å²) in [6.45, 7) is 1.85. The first-order valence-corrected chi connectivity index (χ1v) is 7.66. The van der Waals surface area contributed by atoms with Crippen molar-refractivity contribution in [3.63, 3.8) is 0 Å². The Balaban J connectivity index is 1.60. The van der Waals surface area contributed by atoms with E-state index in [1.165, 1.54) is 7.05 Å². The molecule has 1 aliphatic rings. The van der Waals surface area contributed by atoms with Gasteiger partial charge in [0.1, 0.15) is 11.5 Å². The van der Waals surface area contributed by atoms with E-state index in [-0.39, 0.29) is 24.1 Å². The van der Waals surface area contributed by atoms with Gasteiger partial charge in [-0.2, -0.15) is 18.3 Å². The van der Waals surface area contributed by atoms with Crippen molar-refractivity contribution in [3.8, 4) is 0 Å². The molecule has 1 atom stereocenters. The Labute approximate surface area is 136 Å². The van der Waals surface area contributed by atoms with Crippen LogP contribution in [0.2, 0.25) is 0 Å². The average Bonchev–Trinajstić information content (AvgIpc) is 3.05. The normalized spacial score (nSPS) is 17.6. The van der Waals surface area contributed by atoms with Crippen molar-refractivity contribution in [1.82, 2.24) is 25.1 Å². The molecular formula is C15H18F3N5O. The van der Waals surface area contributed by atoms with E-state index >= 15 is 0 Å². The van der Waals surface area contributed by atoms with Gasteiger partial charge in [0.15, 0.2) is 0 Å². The average molecular weight is 341 g/mol. The van der Waals surface area contributed by atoms with Crippen LogP contribution in [0.25, 0.3) is 0 Å². The zero-order valence-corrected chi connectivity index (χ0v) is 13.4. The standard InChI is InChI=1S/C15H18F3N5O/c1-8-20-11-4-3-9(5-12(11)21-8)14(24)19-7-10-6-13(15(16,17)18)23(2)22-10/h6,9H,3-5,7H2,1-2H3,(H,19,24)(H,20,21). The number of hydrogen-bond acceptors (Lipinski definition) is 3. The number of rotatable bonds is 3. The van der Waals surface area contributed by atoms with Crippen LogP contribution in [0.4, 0.5) is 13.2 Å². The minimum Gasteiger partial charge on any atom is -0.350 e. The zero-order valence-electron chi connectivity index (χ0n) is 13.4. The zero-order chi connectivity index (χ0) is 17.5. The van der Waals surface area contributed by atoms with Crippen molar-refractivity contribution in [3.05, 3.63) is 34.7 Å². The maximum Gasteiger partial charge on any atom is 0.433 e. The van der Waals surface area contributed by atoms with E-state index in [0.29, 0.717) is 12.8 Å². The summed E-state index contributed by atoms with van der Waals surface area (Å²) in [5.41, 5.74) is 1.32. The molecule has 1 aliphatic carbocycles. The first kappa shape index (κ1) is 16.5. The number of nitrogens with zero attached hydrogens (tertiary/aromatic N) is 3. The van der Waals surface area contributed by atoms with Gasteiger partial charge in [-0.05, 0) is 25.8 Å². The number of hydrogen-bond donors (Lipinski definition) is 2. The highest BCUT2D eigenvalue weighted by Gasteiger charge is 2.35. The Kier molecular flexibility index (Phi) is 4.10. The Bertz CT molecular complexity index is 762. The number of fused-ring (bicyclic) bond motifs is 1. The lowest BCUT2D eigenvalue weighted by Crippen LogP contribution is -2.33. The van der Waals surface area contributed by atoms with Gasteiger partial charge >= 0.3 is 6.18 Å². The molecule has 6 nitrogen and oxygen atoms in total. The molecule has 0 aromatic carbocycles. The van der Waals surface area contributed by atoms with Gasteiger partial charge in [-0.3, -0.25) is 9.48 Å². The van der Waals surface area contributed by atoms with E-state index in [9.17, 15) is 18.0 Å². The number of carbonyl (C=O) groups is 1. The molecule has 2 aromatic heterocycles. The largest absolute Gasteiger partial charge is 0.433 e. The van der Waals surface area contributed by atoms with Crippen LogP contribution in [-0.2, 0) is 37.4 Å². The van der Waals surface area contributed by atoms with Crippen LogP contribution in [0.5, 0.6) is 0 Å². The van der Waals surface area contributed by atoms with E-state index in [1.807, 2.05) is 6.92 Å².